The third kappa shape index (κ3) is 7.83. The number of carboxylic acid groups (broad SMARTS) is 1. The van der Waals surface area contributed by atoms with Crippen molar-refractivity contribution in [3.63, 3.8) is 0 Å². The van der Waals surface area contributed by atoms with Crippen LogP contribution in [0.4, 0.5) is 0 Å². The summed E-state index contributed by atoms with van der Waals surface area (Å²) in [5.74, 6) is 0.674. The highest BCUT2D eigenvalue weighted by Gasteiger charge is 2.20. The maximum absolute atomic E-state index is 11.0. The number of nitrogens with zero attached hydrogens (tertiary/aromatic N) is 1. The van der Waals surface area contributed by atoms with Gasteiger partial charge >= 0.3 is 5.97 Å². The molecule has 0 saturated heterocycles. The summed E-state index contributed by atoms with van der Waals surface area (Å²) in [7, 11) is 3.28. The van der Waals surface area contributed by atoms with Crippen LogP contribution in [-0.2, 0) is 24.1 Å². The molecule has 0 atom stereocenters. The molecule has 0 aliphatic heterocycles. The Morgan fingerprint density at radius 1 is 0.825 bits per heavy atom. The minimum absolute atomic E-state index is 0.131. The highest BCUT2D eigenvalue weighted by atomic mass is 16.5. The van der Waals surface area contributed by atoms with Gasteiger partial charge in [0, 0.05) is 23.7 Å². The maximum atomic E-state index is 11.0. The minimum Gasteiger partial charge on any atom is -0.493 e. The quantitative estimate of drug-likeness (QED) is 0.181. The number of aryl methyl sites for hydroxylation is 3. The minimum atomic E-state index is -1.21. The second-order valence-corrected chi connectivity index (χ2v) is 9.63. The van der Waals surface area contributed by atoms with E-state index in [0.29, 0.717) is 6.42 Å². The van der Waals surface area contributed by atoms with Gasteiger partial charge in [-0.3, -0.25) is 4.79 Å². The molecule has 0 aliphatic rings. The average Bonchev–Trinajstić information content (AvgIpc) is 3.37. The molecular weight excluding hydrogens is 512 g/mol. The molecule has 4 rings (SSSR count). The maximum Gasteiger partial charge on any atom is 0.303 e. The lowest BCUT2D eigenvalue weighted by atomic mass is 10.0. The number of aliphatic carboxylic acids is 1. The average molecular weight is 551 g/mol. The van der Waals surface area contributed by atoms with E-state index in [1.165, 1.54) is 11.1 Å². The Morgan fingerprint density at radius 3 is 2.02 bits per heavy atom. The molecule has 6 N–H and O–H groups in total. The number of hydrogen-bond acceptors (Lipinski definition) is 7. The highest BCUT2D eigenvalue weighted by Crippen LogP contribution is 2.30. The Balaban J connectivity index is 0.000000482. The Bertz CT molecular complexity index is 1370. The first-order valence-electron chi connectivity index (χ1n) is 13.0. The van der Waals surface area contributed by atoms with Gasteiger partial charge in [-0.25, -0.2) is 0 Å². The largest absolute Gasteiger partial charge is 0.493 e. The van der Waals surface area contributed by atoms with E-state index in [4.69, 9.17) is 35.6 Å². The second kappa shape index (κ2) is 14.5. The van der Waals surface area contributed by atoms with Crippen molar-refractivity contribution in [1.29, 1.82) is 0 Å². The molecule has 0 spiro atoms. The van der Waals surface area contributed by atoms with Gasteiger partial charge in [0.05, 0.1) is 45.1 Å². The fraction of sp³-hybridized carbons (Fsp3) is 0.323. The summed E-state index contributed by atoms with van der Waals surface area (Å²) in [5.41, 5.74) is 9.61. The number of aromatic nitrogens is 1. The first kappa shape index (κ1) is 30.6. The Labute approximate surface area is 234 Å². The van der Waals surface area contributed by atoms with Gasteiger partial charge in [-0.2, -0.15) is 0 Å². The van der Waals surface area contributed by atoms with Crippen LogP contribution in [-0.4, -0.2) is 70.5 Å². The molecule has 4 aromatic rings. The molecule has 9 nitrogen and oxygen atoms in total. The predicted octanol–water partition coefficient (Wildman–Crippen LogP) is 3.11. The molecule has 0 fully saturated rings. The monoisotopic (exact) mass is 550 g/mol. The van der Waals surface area contributed by atoms with Crippen molar-refractivity contribution < 1.29 is 34.7 Å². The van der Waals surface area contributed by atoms with Crippen molar-refractivity contribution >= 4 is 16.9 Å². The van der Waals surface area contributed by atoms with Crippen LogP contribution < -0.4 is 15.2 Å². The van der Waals surface area contributed by atoms with Gasteiger partial charge < -0.3 is 40.2 Å². The summed E-state index contributed by atoms with van der Waals surface area (Å²) in [4.78, 5) is 11.0. The topological polar surface area (TPSA) is 147 Å². The van der Waals surface area contributed by atoms with Gasteiger partial charge in [0.1, 0.15) is 0 Å². The number of para-hydroxylation sites is 1. The molecule has 1 heterocycles. The van der Waals surface area contributed by atoms with E-state index < -0.39 is 31.3 Å². The van der Waals surface area contributed by atoms with E-state index in [-0.39, 0.29) is 6.42 Å². The molecule has 9 heteroatoms. The van der Waals surface area contributed by atoms with E-state index in [1.807, 2.05) is 36.4 Å². The number of rotatable bonds is 12. The smallest absolute Gasteiger partial charge is 0.303 e. The van der Waals surface area contributed by atoms with Gasteiger partial charge in [-0.05, 0) is 72.4 Å². The highest BCUT2D eigenvalue weighted by molar-refractivity contribution is 5.86. The second-order valence-electron chi connectivity index (χ2n) is 9.63. The van der Waals surface area contributed by atoms with Crippen LogP contribution in [0.25, 0.3) is 16.6 Å². The lowest BCUT2D eigenvalue weighted by Crippen LogP contribution is -2.50. The summed E-state index contributed by atoms with van der Waals surface area (Å²) in [5, 5.41) is 35.2. The number of fused-ring (bicyclic) bond motifs is 1. The summed E-state index contributed by atoms with van der Waals surface area (Å²) in [6.45, 7) is -1.21. The predicted molar refractivity (Wildman–Crippen MR) is 154 cm³/mol. The number of benzene rings is 3. The number of methoxy groups -OCH3 is 2. The van der Waals surface area contributed by atoms with Crippen molar-refractivity contribution in [3.05, 3.63) is 89.6 Å². The summed E-state index contributed by atoms with van der Waals surface area (Å²) in [6.07, 6.45) is 4.56. The molecule has 40 heavy (non-hydrogen) atoms. The molecule has 0 unspecified atom stereocenters. The molecule has 0 amide bonds. The number of aliphatic hydroxyl groups excluding tert-OH is 3. The number of carboxylic acids is 1. The van der Waals surface area contributed by atoms with E-state index >= 15 is 0 Å². The van der Waals surface area contributed by atoms with Crippen molar-refractivity contribution in [2.75, 3.05) is 34.0 Å². The van der Waals surface area contributed by atoms with Crippen LogP contribution in [0, 0.1) is 0 Å². The molecule has 0 radical (unpaired) electrons. The van der Waals surface area contributed by atoms with E-state index in [0.717, 1.165) is 46.5 Å². The number of carbonyl (C=O) groups is 1. The molecule has 0 aliphatic carbocycles. The fourth-order valence-corrected chi connectivity index (χ4v) is 4.22. The molecule has 0 saturated carbocycles. The lowest BCUT2D eigenvalue weighted by molar-refractivity contribution is -0.136. The van der Waals surface area contributed by atoms with Gasteiger partial charge in [0.25, 0.3) is 0 Å². The standard InChI is InChI=1S/C27H27NO4.C4H11NO3/c1-31-25-14-10-20(17-26(25)32-2)8-12-21-18-28(22-6-4-3-5-7-22)24-13-9-19(16-23(21)24)11-15-27(29)30;5-4(1-6,2-7)3-8/h3-7,9-10,13-14,16-18H,8,11-12,15H2,1-2H3,(H,29,30);6-8H,1-3,5H2. The van der Waals surface area contributed by atoms with E-state index in [9.17, 15) is 4.79 Å². The molecule has 3 aromatic carbocycles. The molecule has 214 valence electrons. The van der Waals surface area contributed by atoms with Gasteiger partial charge in [-0.1, -0.05) is 30.3 Å². The Kier molecular flexibility index (Phi) is 11.1. The third-order valence-electron chi connectivity index (χ3n) is 6.69. The number of ether oxygens (including phenoxy) is 2. The Hall–Kier alpha value is -3.89. The van der Waals surface area contributed by atoms with Crippen molar-refractivity contribution in [2.45, 2.75) is 31.2 Å². The zero-order valence-electron chi connectivity index (χ0n) is 22.9. The zero-order valence-corrected chi connectivity index (χ0v) is 22.9. The van der Waals surface area contributed by atoms with Crippen molar-refractivity contribution in [3.8, 4) is 17.2 Å². The van der Waals surface area contributed by atoms with Crippen LogP contribution >= 0.6 is 0 Å². The normalized spacial score (nSPS) is 11.2. The summed E-state index contributed by atoms with van der Waals surface area (Å²) < 4.78 is 13.0. The molecule has 0 bridgehead atoms. The van der Waals surface area contributed by atoms with Crippen LogP contribution in [0.15, 0.2) is 72.9 Å². The SMILES string of the molecule is COc1ccc(CCc2cn(-c3ccccc3)c3ccc(CCC(=O)O)cc23)cc1OC.NC(CO)(CO)CO. The van der Waals surface area contributed by atoms with Gasteiger partial charge in [0.2, 0.25) is 0 Å². The lowest BCUT2D eigenvalue weighted by Gasteiger charge is -2.20. The third-order valence-corrected chi connectivity index (χ3v) is 6.69. The van der Waals surface area contributed by atoms with Crippen LogP contribution in [0.1, 0.15) is 23.1 Å². The van der Waals surface area contributed by atoms with Gasteiger partial charge in [0.15, 0.2) is 11.5 Å². The number of nitrogens with two attached hydrogens (primary N) is 1. The molecular formula is C31H38N2O7. The number of aliphatic hydroxyl groups is 3. The van der Waals surface area contributed by atoms with Crippen LogP contribution in [0.5, 0.6) is 11.5 Å². The van der Waals surface area contributed by atoms with Crippen molar-refractivity contribution in [2.24, 2.45) is 5.73 Å². The zero-order chi connectivity index (χ0) is 29.1. The van der Waals surface area contributed by atoms with E-state index in [2.05, 4.69) is 41.1 Å². The van der Waals surface area contributed by atoms with E-state index in [1.54, 1.807) is 14.2 Å². The first-order valence-corrected chi connectivity index (χ1v) is 13.0. The van der Waals surface area contributed by atoms with Crippen LogP contribution in [0.2, 0.25) is 0 Å². The Morgan fingerprint density at radius 2 is 1.45 bits per heavy atom. The fourth-order valence-electron chi connectivity index (χ4n) is 4.22. The number of hydrogen-bond donors (Lipinski definition) is 5. The first-order chi connectivity index (χ1) is 19.3. The van der Waals surface area contributed by atoms with Crippen LogP contribution in [0.3, 0.4) is 0 Å². The molecule has 1 aromatic heterocycles. The summed E-state index contributed by atoms with van der Waals surface area (Å²) in [6, 6.07) is 22.6. The van der Waals surface area contributed by atoms with Crippen molar-refractivity contribution in [1.82, 2.24) is 4.57 Å². The summed E-state index contributed by atoms with van der Waals surface area (Å²) >= 11 is 0. The van der Waals surface area contributed by atoms with Gasteiger partial charge in [-0.15, -0.1) is 0 Å².